The van der Waals surface area contributed by atoms with Crippen molar-refractivity contribution in [3.05, 3.63) is 53.6 Å². The van der Waals surface area contributed by atoms with Crippen molar-refractivity contribution in [2.24, 2.45) is 5.73 Å². The smallest absolute Gasteiger partial charge is 0.242 e. The molecule has 0 unspecified atom stereocenters. The molecule has 0 aliphatic rings. The summed E-state index contributed by atoms with van der Waals surface area (Å²) in [5.41, 5.74) is 7.59. The Morgan fingerprint density at radius 1 is 1.33 bits per heavy atom. The lowest BCUT2D eigenvalue weighted by molar-refractivity contribution is 0.580. The van der Waals surface area contributed by atoms with E-state index in [4.69, 9.17) is 18.0 Å². The summed E-state index contributed by atoms with van der Waals surface area (Å²) < 4.78 is 26.9. The number of nitrogens with two attached hydrogens (primary N) is 1. The first-order valence-corrected chi connectivity index (χ1v) is 7.94. The highest BCUT2D eigenvalue weighted by atomic mass is 32.2. The van der Waals surface area contributed by atoms with Gasteiger partial charge in [0.2, 0.25) is 10.0 Å². The summed E-state index contributed by atoms with van der Waals surface area (Å²) in [7, 11) is -3.63. The van der Waals surface area contributed by atoms with E-state index in [2.05, 4.69) is 14.7 Å². The normalized spacial score (nSPS) is 11.3. The van der Waals surface area contributed by atoms with Gasteiger partial charge in [0.05, 0.1) is 5.69 Å². The van der Waals surface area contributed by atoms with Crippen molar-refractivity contribution < 1.29 is 8.42 Å². The molecule has 0 aliphatic carbocycles. The van der Waals surface area contributed by atoms with Crippen LogP contribution in [0.1, 0.15) is 16.8 Å². The molecule has 2 aromatic rings. The molecule has 2 aromatic heterocycles. The van der Waals surface area contributed by atoms with Gasteiger partial charge in [-0.1, -0.05) is 12.2 Å². The largest absolute Gasteiger partial charge is 0.388 e. The summed E-state index contributed by atoms with van der Waals surface area (Å²) in [6.45, 7) is 2.06. The minimum absolute atomic E-state index is 0.0641. The number of sulfonamides is 1. The maximum atomic E-state index is 12.2. The van der Waals surface area contributed by atoms with E-state index in [1.807, 2.05) is 6.92 Å². The molecule has 21 heavy (non-hydrogen) atoms. The molecule has 110 valence electrons. The molecule has 0 amide bonds. The van der Waals surface area contributed by atoms with Crippen LogP contribution < -0.4 is 10.5 Å². The summed E-state index contributed by atoms with van der Waals surface area (Å²) in [5, 5.41) is 0. The van der Waals surface area contributed by atoms with E-state index < -0.39 is 10.0 Å². The Balaban J connectivity index is 2.15. The fourth-order valence-electron chi connectivity index (χ4n) is 1.64. The third kappa shape index (κ3) is 3.81. The lowest BCUT2D eigenvalue weighted by Crippen LogP contribution is -2.24. The van der Waals surface area contributed by atoms with Crippen LogP contribution in [0.2, 0.25) is 0 Å². The highest BCUT2D eigenvalue weighted by molar-refractivity contribution is 7.89. The highest BCUT2D eigenvalue weighted by Gasteiger charge is 2.15. The molecule has 0 fully saturated rings. The predicted octanol–water partition coefficient (Wildman–Crippen LogP) is 0.898. The molecule has 8 heteroatoms. The molecule has 2 heterocycles. The van der Waals surface area contributed by atoms with Crippen molar-refractivity contribution in [2.45, 2.75) is 18.4 Å². The van der Waals surface area contributed by atoms with Gasteiger partial charge in [-0.15, -0.1) is 0 Å². The fraction of sp³-hybridized carbons (Fsp3) is 0.154. The second-order valence-corrected chi connectivity index (χ2v) is 6.58. The van der Waals surface area contributed by atoms with Gasteiger partial charge in [0.15, 0.2) is 0 Å². The summed E-state index contributed by atoms with van der Waals surface area (Å²) in [4.78, 5) is 8.07. The lowest BCUT2D eigenvalue weighted by atomic mass is 10.2. The van der Waals surface area contributed by atoms with Crippen LogP contribution in [0.5, 0.6) is 0 Å². The molecule has 2 rings (SSSR count). The second-order valence-electron chi connectivity index (χ2n) is 4.37. The van der Waals surface area contributed by atoms with Gasteiger partial charge in [-0.3, -0.25) is 9.97 Å². The average Bonchev–Trinajstić information content (AvgIpc) is 2.46. The Labute approximate surface area is 128 Å². The standard InChI is InChI=1S/C13H14N4O2S2/c1-9-6-15-5-4-10(9)7-17-21(18,19)11-2-3-12(13(14)20)16-8-11/h2-6,8,17H,7H2,1H3,(H2,14,20). The maximum Gasteiger partial charge on any atom is 0.242 e. The molecule has 0 saturated heterocycles. The van der Waals surface area contributed by atoms with Crippen LogP contribution in [0.4, 0.5) is 0 Å². The first-order chi connectivity index (χ1) is 9.90. The third-order valence-electron chi connectivity index (χ3n) is 2.89. The Morgan fingerprint density at radius 3 is 2.67 bits per heavy atom. The van der Waals surface area contributed by atoms with Gasteiger partial charge in [-0.05, 0) is 36.2 Å². The number of hydrogen-bond acceptors (Lipinski definition) is 5. The van der Waals surface area contributed by atoms with E-state index >= 15 is 0 Å². The van der Waals surface area contributed by atoms with Crippen LogP contribution in [0.25, 0.3) is 0 Å². The summed E-state index contributed by atoms with van der Waals surface area (Å²) in [6.07, 6.45) is 4.54. The zero-order valence-corrected chi connectivity index (χ0v) is 12.9. The number of hydrogen-bond donors (Lipinski definition) is 2. The topological polar surface area (TPSA) is 98.0 Å². The van der Waals surface area contributed by atoms with Crippen LogP contribution in [-0.2, 0) is 16.6 Å². The van der Waals surface area contributed by atoms with E-state index in [9.17, 15) is 8.42 Å². The Hall–Kier alpha value is -1.90. The van der Waals surface area contributed by atoms with E-state index in [0.717, 1.165) is 11.1 Å². The van der Waals surface area contributed by atoms with E-state index in [1.54, 1.807) is 18.5 Å². The van der Waals surface area contributed by atoms with Gasteiger partial charge < -0.3 is 5.73 Å². The van der Waals surface area contributed by atoms with Crippen LogP contribution in [0, 0.1) is 6.92 Å². The molecule has 0 aliphatic heterocycles. The molecule has 0 aromatic carbocycles. The van der Waals surface area contributed by atoms with Crippen LogP contribution >= 0.6 is 12.2 Å². The Morgan fingerprint density at radius 2 is 2.10 bits per heavy atom. The van der Waals surface area contributed by atoms with Crippen LogP contribution in [0.3, 0.4) is 0 Å². The first kappa shape index (κ1) is 15.5. The van der Waals surface area contributed by atoms with Gasteiger partial charge in [0.1, 0.15) is 9.88 Å². The number of thiocarbonyl (C=S) groups is 1. The van der Waals surface area contributed by atoms with E-state index in [1.165, 1.54) is 18.3 Å². The third-order valence-corrected chi connectivity index (χ3v) is 4.48. The predicted molar refractivity (Wildman–Crippen MR) is 83.1 cm³/mol. The zero-order chi connectivity index (χ0) is 15.5. The van der Waals surface area contributed by atoms with Crippen molar-refractivity contribution in [1.29, 1.82) is 0 Å². The van der Waals surface area contributed by atoms with Crippen molar-refractivity contribution in [2.75, 3.05) is 0 Å². The van der Waals surface area contributed by atoms with Gasteiger partial charge >= 0.3 is 0 Å². The lowest BCUT2D eigenvalue weighted by Gasteiger charge is -2.08. The minimum atomic E-state index is -3.63. The molecule has 0 atom stereocenters. The van der Waals surface area contributed by atoms with E-state index in [-0.39, 0.29) is 16.4 Å². The number of nitrogens with one attached hydrogen (secondary N) is 1. The molecular weight excluding hydrogens is 308 g/mol. The van der Waals surface area contributed by atoms with Crippen molar-refractivity contribution in [1.82, 2.24) is 14.7 Å². The van der Waals surface area contributed by atoms with Crippen molar-refractivity contribution in [3.8, 4) is 0 Å². The second kappa shape index (κ2) is 6.25. The van der Waals surface area contributed by atoms with Crippen LogP contribution in [0.15, 0.2) is 41.7 Å². The van der Waals surface area contributed by atoms with Crippen molar-refractivity contribution >= 4 is 27.2 Å². The number of rotatable bonds is 5. The van der Waals surface area contributed by atoms with Crippen LogP contribution in [-0.4, -0.2) is 23.4 Å². The maximum absolute atomic E-state index is 12.2. The SMILES string of the molecule is Cc1cnccc1CNS(=O)(=O)c1ccc(C(N)=S)nc1. The zero-order valence-electron chi connectivity index (χ0n) is 11.3. The van der Waals surface area contributed by atoms with Gasteiger partial charge in [-0.2, -0.15) is 0 Å². The van der Waals surface area contributed by atoms with Gasteiger partial charge in [0.25, 0.3) is 0 Å². The molecule has 0 bridgehead atoms. The number of pyridine rings is 2. The molecule has 3 N–H and O–H groups in total. The number of aryl methyl sites for hydroxylation is 1. The molecule has 0 spiro atoms. The van der Waals surface area contributed by atoms with Crippen molar-refractivity contribution in [3.63, 3.8) is 0 Å². The average molecular weight is 322 g/mol. The quantitative estimate of drug-likeness (QED) is 0.794. The van der Waals surface area contributed by atoms with E-state index in [0.29, 0.717) is 5.69 Å². The molecular formula is C13H14N4O2S2. The summed E-state index contributed by atoms with van der Waals surface area (Å²) in [5.74, 6) is 0. The highest BCUT2D eigenvalue weighted by Crippen LogP contribution is 2.10. The number of nitrogens with zero attached hydrogens (tertiary/aromatic N) is 2. The summed E-state index contributed by atoms with van der Waals surface area (Å²) >= 11 is 4.77. The molecule has 0 radical (unpaired) electrons. The Kier molecular flexibility index (Phi) is 4.61. The molecule has 6 nitrogen and oxygen atoms in total. The number of aromatic nitrogens is 2. The monoisotopic (exact) mass is 322 g/mol. The first-order valence-electron chi connectivity index (χ1n) is 6.05. The fourth-order valence-corrected chi connectivity index (χ4v) is 2.71. The summed E-state index contributed by atoms with van der Waals surface area (Å²) in [6, 6.07) is 4.67. The van der Waals surface area contributed by atoms with Gasteiger partial charge in [0, 0.05) is 25.1 Å². The molecule has 0 saturated carbocycles. The Bertz CT molecular complexity index is 758. The minimum Gasteiger partial charge on any atom is -0.388 e. The van der Waals surface area contributed by atoms with Gasteiger partial charge in [-0.25, -0.2) is 13.1 Å².